The third-order valence-electron chi connectivity index (χ3n) is 4.31. The third kappa shape index (κ3) is 5.90. The first-order chi connectivity index (χ1) is 8.27. The van der Waals surface area contributed by atoms with Crippen molar-refractivity contribution in [2.24, 2.45) is 11.8 Å². The van der Waals surface area contributed by atoms with Gasteiger partial charge in [-0.1, -0.05) is 52.9 Å². The van der Waals surface area contributed by atoms with Crippen LogP contribution >= 0.6 is 0 Å². The number of nitrogens with one attached hydrogen (secondary N) is 1. The quantitative estimate of drug-likeness (QED) is 0.644. The fraction of sp³-hybridized carbons (Fsp3) is 1.00. The van der Waals surface area contributed by atoms with Crippen molar-refractivity contribution < 1.29 is 0 Å². The molecule has 2 atom stereocenters. The lowest BCUT2D eigenvalue weighted by Crippen LogP contribution is -2.39. The molecule has 1 fully saturated rings. The predicted octanol–water partition coefficient (Wildman–Crippen LogP) is 4.76. The van der Waals surface area contributed by atoms with Gasteiger partial charge in [0.25, 0.3) is 0 Å². The molecule has 1 saturated carbocycles. The lowest BCUT2D eigenvalue weighted by molar-refractivity contribution is 0.234. The molecule has 1 heteroatoms. The third-order valence-corrected chi connectivity index (χ3v) is 4.31. The van der Waals surface area contributed by atoms with Crippen molar-refractivity contribution in [3.63, 3.8) is 0 Å². The van der Waals surface area contributed by atoms with E-state index in [9.17, 15) is 0 Å². The molecule has 1 nitrogen and oxygen atoms in total. The average molecular weight is 239 g/mol. The fourth-order valence-corrected chi connectivity index (χ4v) is 3.35. The second-order valence-corrected chi connectivity index (χ2v) is 6.09. The Labute approximate surface area is 109 Å². The number of rotatable bonds is 8. The summed E-state index contributed by atoms with van der Waals surface area (Å²) in [6.45, 7) is 8.24. The molecule has 0 saturated heterocycles. The van der Waals surface area contributed by atoms with Crippen LogP contribution in [-0.2, 0) is 0 Å². The van der Waals surface area contributed by atoms with Gasteiger partial charge in [-0.25, -0.2) is 0 Å². The molecule has 0 bridgehead atoms. The first-order valence-corrected chi connectivity index (χ1v) is 8.01. The Hall–Kier alpha value is -0.0400. The van der Waals surface area contributed by atoms with E-state index in [2.05, 4.69) is 26.1 Å². The molecule has 0 aromatic rings. The molecule has 0 aliphatic heterocycles. The van der Waals surface area contributed by atoms with E-state index < -0.39 is 0 Å². The molecule has 2 unspecified atom stereocenters. The molecule has 1 N–H and O–H groups in total. The molecule has 1 aliphatic carbocycles. The second-order valence-electron chi connectivity index (χ2n) is 6.09. The topological polar surface area (TPSA) is 12.0 Å². The first kappa shape index (κ1) is 15.0. The minimum atomic E-state index is 0.803. The average Bonchev–Trinajstić information content (AvgIpc) is 2.36. The summed E-state index contributed by atoms with van der Waals surface area (Å²) in [5.41, 5.74) is 0. The number of hydrogen-bond acceptors (Lipinski definition) is 1. The Kier molecular flexibility index (Phi) is 7.92. The Morgan fingerprint density at radius 2 is 1.76 bits per heavy atom. The molecule has 0 heterocycles. The first-order valence-electron chi connectivity index (χ1n) is 8.01. The highest BCUT2D eigenvalue weighted by Crippen LogP contribution is 2.30. The van der Waals surface area contributed by atoms with Gasteiger partial charge in [0.2, 0.25) is 0 Å². The van der Waals surface area contributed by atoms with E-state index in [1.165, 1.54) is 64.3 Å². The van der Waals surface area contributed by atoms with Crippen molar-refractivity contribution in [2.45, 2.75) is 84.6 Å². The van der Waals surface area contributed by atoms with Crippen LogP contribution in [0, 0.1) is 11.8 Å². The fourth-order valence-electron chi connectivity index (χ4n) is 3.35. The van der Waals surface area contributed by atoms with Gasteiger partial charge in [-0.2, -0.15) is 0 Å². The van der Waals surface area contributed by atoms with Gasteiger partial charge in [0.05, 0.1) is 0 Å². The van der Waals surface area contributed by atoms with E-state index in [1.54, 1.807) is 0 Å². The van der Waals surface area contributed by atoms with E-state index in [-0.39, 0.29) is 0 Å². The van der Waals surface area contributed by atoms with Crippen molar-refractivity contribution in [2.75, 3.05) is 6.54 Å². The Morgan fingerprint density at radius 3 is 2.35 bits per heavy atom. The summed E-state index contributed by atoms with van der Waals surface area (Å²) in [4.78, 5) is 0. The van der Waals surface area contributed by atoms with Crippen LogP contribution in [0.2, 0.25) is 0 Å². The molecule has 0 spiro atoms. The lowest BCUT2D eigenvalue weighted by atomic mass is 9.80. The monoisotopic (exact) mass is 239 g/mol. The summed E-state index contributed by atoms with van der Waals surface area (Å²) in [7, 11) is 0. The van der Waals surface area contributed by atoms with Crippen molar-refractivity contribution >= 4 is 0 Å². The zero-order chi connectivity index (χ0) is 12.5. The second kappa shape index (κ2) is 8.97. The van der Waals surface area contributed by atoms with E-state index in [1.807, 2.05) is 0 Å². The maximum Gasteiger partial charge on any atom is 0.00978 e. The standard InChI is InChI=1S/C16H33N/c1-4-9-14(3)13-16(17-12-5-2)15-10-7-6-8-11-15/h14-17H,4-13H2,1-3H3. The highest BCUT2D eigenvalue weighted by molar-refractivity contribution is 4.80. The van der Waals surface area contributed by atoms with Gasteiger partial charge >= 0.3 is 0 Å². The molecule has 0 radical (unpaired) electrons. The lowest BCUT2D eigenvalue weighted by Gasteiger charge is -2.33. The van der Waals surface area contributed by atoms with E-state index in [0.717, 1.165) is 17.9 Å². The molecular weight excluding hydrogens is 206 g/mol. The van der Waals surface area contributed by atoms with Crippen LogP contribution in [0.25, 0.3) is 0 Å². The summed E-state index contributed by atoms with van der Waals surface area (Å²) in [5.74, 6) is 1.87. The Morgan fingerprint density at radius 1 is 1.06 bits per heavy atom. The normalized spacial score (nSPS) is 21.4. The molecule has 0 aromatic heterocycles. The van der Waals surface area contributed by atoms with Crippen LogP contribution < -0.4 is 5.32 Å². The molecule has 1 aliphatic rings. The summed E-state index contributed by atoms with van der Waals surface area (Å²) in [6.07, 6.45) is 12.8. The maximum atomic E-state index is 3.83. The van der Waals surface area contributed by atoms with Crippen molar-refractivity contribution in [3.8, 4) is 0 Å². The summed E-state index contributed by atoms with van der Waals surface area (Å²) in [6, 6.07) is 0.803. The van der Waals surface area contributed by atoms with Crippen LogP contribution in [0.1, 0.15) is 78.6 Å². The van der Waals surface area contributed by atoms with Gasteiger partial charge in [-0.05, 0) is 44.1 Å². The summed E-state index contributed by atoms with van der Waals surface area (Å²) < 4.78 is 0. The minimum absolute atomic E-state index is 0.803. The van der Waals surface area contributed by atoms with Gasteiger partial charge in [0.15, 0.2) is 0 Å². The van der Waals surface area contributed by atoms with E-state index in [4.69, 9.17) is 0 Å². The molecule has 17 heavy (non-hydrogen) atoms. The predicted molar refractivity (Wildman–Crippen MR) is 77.3 cm³/mol. The largest absolute Gasteiger partial charge is 0.314 e. The Balaban J connectivity index is 2.40. The minimum Gasteiger partial charge on any atom is -0.314 e. The smallest absolute Gasteiger partial charge is 0.00978 e. The molecule has 0 aromatic carbocycles. The van der Waals surface area contributed by atoms with Crippen LogP contribution in [0.5, 0.6) is 0 Å². The van der Waals surface area contributed by atoms with E-state index >= 15 is 0 Å². The molecule has 0 amide bonds. The van der Waals surface area contributed by atoms with E-state index in [0.29, 0.717) is 0 Å². The van der Waals surface area contributed by atoms with Crippen LogP contribution in [0.15, 0.2) is 0 Å². The maximum absolute atomic E-state index is 3.83. The van der Waals surface area contributed by atoms with Crippen LogP contribution in [-0.4, -0.2) is 12.6 Å². The van der Waals surface area contributed by atoms with Gasteiger partial charge in [-0.3, -0.25) is 0 Å². The molecule has 1 rings (SSSR count). The van der Waals surface area contributed by atoms with Crippen LogP contribution in [0.4, 0.5) is 0 Å². The molecule has 102 valence electrons. The highest BCUT2D eigenvalue weighted by atomic mass is 14.9. The Bertz CT molecular complexity index is 172. The number of hydrogen-bond donors (Lipinski definition) is 1. The van der Waals surface area contributed by atoms with Crippen molar-refractivity contribution in [3.05, 3.63) is 0 Å². The summed E-state index contributed by atoms with van der Waals surface area (Å²) >= 11 is 0. The van der Waals surface area contributed by atoms with Crippen LogP contribution in [0.3, 0.4) is 0 Å². The summed E-state index contributed by atoms with van der Waals surface area (Å²) in [5, 5.41) is 3.83. The van der Waals surface area contributed by atoms with Gasteiger partial charge in [0, 0.05) is 6.04 Å². The van der Waals surface area contributed by atoms with Crippen molar-refractivity contribution in [1.82, 2.24) is 5.32 Å². The molecular formula is C16H33N. The zero-order valence-electron chi connectivity index (χ0n) is 12.3. The zero-order valence-corrected chi connectivity index (χ0v) is 12.3. The van der Waals surface area contributed by atoms with Gasteiger partial charge in [-0.15, -0.1) is 0 Å². The highest BCUT2D eigenvalue weighted by Gasteiger charge is 2.24. The van der Waals surface area contributed by atoms with Crippen molar-refractivity contribution in [1.29, 1.82) is 0 Å². The van der Waals surface area contributed by atoms with Gasteiger partial charge in [0.1, 0.15) is 0 Å². The van der Waals surface area contributed by atoms with Gasteiger partial charge < -0.3 is 5.32 Å². The SMILES string of the molecule is CCCNC(CC(C)CCC)C1CCCCC1.